The second-order valence-electron chi connectivity index (χ2n) is 4.65. The summed E-state index contributed by atoms with van der Waals surface area (Å²) in [6.45, 7) is 6.74. The molecular weight excluding hydrogens is 190 g/mol. The molecule has 0 aliphatic heterocycles. The Balaban J connectivity index is 4.18. The first kappa shape index (κ1) is 14.4. The quantitative estimate of drug-likeness (QED) is 0.654. The van der Waals surface area contributed by atoms with Gasteiger partial charge in [-0.15, -0.1) is 0 Å². The molecule has 0 aromatic carbocycles. The van der Waals surface area contributed by atoms with Crippen molar-refractivity contribution in [1.82, 2.24) is 0 Å². The van der Waals surface area contributed by atoms with Crippen molar-refractivity contribution in [3.8, 4) is 0 Å². The summed E-state index contributed by atoms with van der Waals surface area (Å²) in [6, 6.07) is 0. The first-order valence-corrected chi connectivity index (χ1v) is 5.95. The zero-order valence-corrected chi connectivity index (χ0v) is 10.2. The molecule has 0 saturated carbocycles. The van der Waals surface area contributed by atoms with Crippen LogP contribution in [0.3, 0.4) is 0 Å². The van der Waals surface area contributed by atoms with Gasteiger partial charge in [-0.1, -0.05) is 40.0 Å². The van der Waals surface area contributed by atoms with Crippen LogP contribution in [0.4, 0.5) is 0 Å². The molecular formula is C12H25NO2. The Labute approximate surface area is 93.0 Å². The fourth-order valence-corrected chi connectivity index (χ4v) is 1.85. The number of carbonyl (C=O) groups is 1. The molecule has 0 aliphatic carbocycles. The maximum Gasteiger partial charge on any atom is 0.307 e. The van der Waals surface area contributed by atoms with Gasteiger partial charge in [0.05, 0.1) is 5.92 Å². The Morgan fingerprint density at radius 1 is 1.40 bits per heavy atom. The maximum atomic E-state index is 10.9. The van der Waals surface area contributed by atoms with Crippen LogP contribution in [0.1, 0.15) is 46.5 Å². The average molecular weight is 215 g/mol. The third-order valence-corrected chi connectivity index (χ3v) is 3.09. The zero-order chi connectivity index (χ0) is 11.8. The normalized spacial score (nSPS) is 15.3. The third kappa shape index (κ3) is 5.78. The summed E-state index contributed by atoms with van der Waals surface area (Å²) in [4.78, 5) is 10.9. The van der Waals surface area contributed by atoms with Crippen LogP contribution >= 0.6 is 0 Å². The van der Waals surface area contributed by atoms with E-state index in [1.165, 1.54) is 12.8 Å². The van der Waals surface area contributed by atoms with E-state index in [4.69, 9.17) is 10.8 Å². The zero-order valence-electron chi connectivity index (χ0n) is 10.2. The Hall–Kier alpha value is -0.570. The Kier molecular flexibility index (Phi) is 7.39. The van der Waals surface area contributed by atoms with E-state index < -0.39 is 5.97 Å². The summed E-state index contributed by atoms with van der Waals surface area (Å²) in [5.74, 6) is -0.0755. The first-order valence-electron chi connectivity index (χ1n) is 5.95. The molecule has 90 valence electrons. The van der Waals surface area contributed by atoms with Crippen molar-refractivity contribution in [3.05, 3.63) is 0 Å². The lowest BCUT2D eigenvalue weighted by Gasteiger charge is -2.23. The highest BCUT2D eigenvalue weighted by atomic mass is 16.4. The van der Waals surface area contributed by atoms with Crippen LogP contribution in [0.15, 0.2) is 0 Å². The van der Waals surface area contributed by atoms with Crippen LogP contribution < -0.4 is 5.73 Å². The number of aliphatic carboxylic acids is 1. The van der Waals surface area contributed by atoms with Gasteiger partial charge in [0.25, 0.3) is 0 Å². The number of hydrogen-bond acceptors (Lipinski definition) is 2. The number of nitrogens with two attached hydrogens (primary N) is 1. The average Bonchev–Trinajstić information content (AvgIpc) is 2.17. The second-order valence-corrected chi connectivity index (χ2v) is 4.65. The standard InChI is InChI=1S/C12H25NO2/c1-4-5-6-10(9(2)3)7-11(8-13)12(14)15/h9-11H,4-8,13H2,1-3H3,(H,14,15). The SMILES string of the molecule is CCCCC(CC(CN)C(=O)O)C(C)C. The molecule has 3 N–H and O–H groups in total. The third-order valence-electron chi connectivity index (χ3n) is 3.09. The van der Waals surface area contributed by atoms with E-state index in [1.54, 1.807) is 0 Å². The molecule has 0 amide bonds. The largest absolute Gasteiger partial charge is 0.481 e. The van der Waals surface area contributed by atoms with E-state index in [-0.39, 0.29) is 12.5 Å². The molecule has 0 spiro atoms. The fraction of sp³-hybridized carbons (Fsp3) is 0.917. The number of hydrogen-bond donors (Lipinski definition) is 2. The van der Waals surface area contributed by atoms with Crippen LogP contribution in [0, 0.1) is 17.8 Å². The molecule has 2 atom stereocenters. The van der Waals surface area contributed by atoms with Crippen molar-refractivity contribution in [3.63, 3.8) is 0 Å². The van der Waals surface area contributed by atoms with Gasteiger partial charge in [0.2, 0.25) is 0 Å². The molecule has 3 heteroatoms. The van der Waals surface area contributed by atoms with Crippen molar-refractivity contribution in [2.75, 3.05) is 6.54 Å². The van der Waals surface area contributed by atoms with Crippen LogP contribution in [-0.2, 0) is 4.79 Å². The van der Waals surface area contributed by atoms with E-state index in [2.05, 4.69) is 20.8 Å². The maximum absolute atomic E-state index is 10.9. The summed E-state index contributed by atoms with van der Waals surface area (Å²) >= 11 is 0. The van der Waals surface area contributed by atoms with E-state index in [9.17, 15) is 4.79 Å². The van der Waals surface area contributed by atoms with E-state index in [1.807, 2.05) is 0 Å². The molecule has 0 radical (unpaired) electrons. The van der Waals surface area contributed by atoms with Crippen LogP contribution in [0.25, 0.3) is 0 Å². The molecule has 0 heterocycles. The van der Waals surface area contributed by atoms with Crippen LogP contribution in [-0.4, -0.2) is 17.6 Å². The minimum absolute atomic E-state index is 0.255. The minimum atomic E-state index is -0.750. The van der Waals surface area contributed by atoms with Gasteiger partial charge in [-0.05, 0) is 18.3 Å². The van der Waals surface area contributed by atoms with Crippen molar-refractivity contribution in [2.45, 2.75) is 46.5 Å². The molecule has 0 aliphatic rings. The van der Waals surface area contributed by atoms with Gasteiger partial charge in [0.1, 0.15) is 0 Å². The summed E-state index contributed by atoms with van der Waals surface area (Å²) in [6.07, 6.45) is 4.20. The first-order chi connectivity index (χ1) is 7.02. The topological polar surface area (TPSA) is 63.3 Å². The van der Waals surface area contributed by atoms with Crippen molar-refractivity contribution < 1.29 is 9.90 Å². The highest BCUT2D eigenvalue weighted by Gasteiger charge is 2.22. The summed E-state index contributed by atoms with van der Waals surface area (Å²) < 4.78 is 0. The minimum Gasteiger partial charge on any atom is -0.481 e. The molecule has 0 saturated heterocycles. The molecule has 2 unspecified atom stereocenters. The second kappa shape index (κ2) is 7.69. The molecule has 0 bridgehead atoms. The lowest BCUT2D eigenvalue weighted by molar-refractivity contribution is -0.142. The summed E-state index contributed by atoms with van der Waals surface area (Å²) in [7, 11) is 0. The van der Waals surface area contributed by atoms with Crippen molar-refractivity contribution in [1.29, 1.82) is 0 Å². The smallest absolute Gasteiger partial charge is 0.307 e. The number of carboxylic acids is 1. The van der Waals surface area contributed by atoms with Gasteiger partial charge in [-0.3, -0.25) is 4.79 Å². The lowest BCUT2D eigenvalue weighted by Crippen LogP contribution is -2.27. The molecule has 0 aromatic rings. The van der Waals surface area contributed by atoms with Crippen LogP contribution in [0.5, 0.6) is 0 Å². The van der Waals surface area contributed by atoms with Gasteiger partial charge >= 0.3 is 5.97 Å². The number of unbranched alkanes of at least 4 members (excludes halogenated alkanes) is 1. The Morgan fingerprint density at radius 3 is 2.33 bits per heavy atom. The highest BCUT2D eigenvalue weighted by Crippen LogP contribution is 2.25. The molecule has 0 rings (SSSR count). The predicted octanol–water partition coefficient (Wildman–Crippen LogP) is 2.50. The Bertz CT molecular complexity index is 180. The molecule has 0 aromatic heterocycles. The number of carboxylic acid groups (broad SMARTS) is 1. The fourth-order valence-electron chi connectivity index (χ4n) is 1.85. The van der Waals surface area contributed by atoms with Gasteiger partial charge in [-0.2, -0.15) is 0 Å². The van der Waals surface area contributed by atoms with E-state index in [0.29, 0.717) is 11.8 Å². The van der Waals surface area contributed by atoms with Crippen molar-refractivity contribution in [2.24, 2.45) is 23.5 Å². The summed E-state index contributed by atoms with van der Waals surface area (Å²) in [5, 5.41) is 8.95. The lowest BCUT2D eigenvalue weighted by atomic mass is 9.83. The summed E-state index contributed by atoms with van der Waals surface area (Å²) in [5.41, 5.74) is 5.47. The molecule has 15 heavy (non-hydrogen) atoms. The molecule has 0 fully saturated rings. The van der Waals surface area contributed by atoms with E-state index in [0.717, 1.165) is 12.8 Å². The monoisotopic (exact) mass is 215 g/mol. The molecule has 3 nitrogen and oxygen atoms in total. The number of rotatable bonds is 8. The van der Waals surface area contributed by atoms with Gasteiger partial charge in [0, 0.05) is 6.54 Å². The van der Waals surface area contributed by atoms with Gasteiger partial charge in [-0.25, -0.2) is 0 Å². The Morgan fingerprint density at radius 2 is 2.00 bits per heavy atom. The van der Waals surface area contributed by atoms with Crippen molar-refractivity contribution >= 4 is 5.97 Å². The van der Waals surface area contributed by atoms with Crippen LogP contribution in [0.2, 0.25) is 0 Å². The van der Waals surface area contributed by atoms with E-state index >= 15 is 0 Å². The van der Waals surface area contributed by atoms with Gasteiger partial charge in [0.15, 0.2) is 0 Å². The van der Waals surface area contributed by atoms with Gasteiger partial charge < -0.3 is 10.8 Å². The predicted molar refractivity (Wildman–Crippen MR) is 62.7 cm³/mol. The highest BCUT2D eigenvalue weighted by molar-refractivity contribution is 5.70.